The summed E-state index contributed by atoms with van der Waals surface area (Å²) in [6.07, 6.45) is 1.66. The molecule has 1 amide bonds. The molecule has 1 N–H and O–H groups in total. The summed E-state index contributed by atoms with van der Waals surface area (Å²) in [5.41, 5.74) is 2.26. The number of fused-ring (bicyclic) bond motifs is 1. The lowest BCUT2D eigenvalue weighted by molar-refractivity contribution is 0.102. The zero-order chi connectivity index (χ0) is 14.8. The molecule has 0 aliphatic carbocycles. The maximum Gasteiger partial charge on any atom is 0.274 e. The average molecular weight is 341 g/mol. The number of halogens is 1. The Balaban J connectivity index is 1.99. The monoisotopic (exact) mass is 340 g/mol. The molecule has 0 spiro atoms. The molecule has 104 valence electrons. The molecule has 0 unspecified atom stereocenters. The van der Waals surface area contributed by atoms with E-state index in [2.05, 4.69) is 26.2 Å². The molecule has 0 aliphatic heterocycles. The number of pyridine rings is 1. The molecule has 3 aromatic rings. The van der Waals surface area contributed by atoms with Gasteiger partial charge in [0.05, 0.1) is 5.69 Å². The van der Waals surface area contributed by atoms with Crippen molar-refractivity contribution in [1.82, 2.24) is 4.98 Å². The molecule has 1 heterocycles. The van der Waals surface area contributed by atoms with E-state index in [1.54, 1.807) is 6.20 Å². The van der Waals surface area contributed by atoms with Crippen LogP contribution in [0.2, 0.25) is 0 Å². The van der Waals surface area contributed by atoms with Crippen LogP contribution in [0.3, 0.4) is 0 Å². The van der Waals surface area contributed by atoms with Gasteiger partial charge in [0, 0.05) is 16.1 Å². The number of benzene rings is 2. The van der Waals surface area contributed by atoms with Gasteiger partial charge in [0.15, 0.2) is 0 Å². The van der Waals surface area contributed by atoms with Gasteiger partial charge in [-0.15, -0.1) is 0 Å². The van der Waals surface area contributed by atoms with Crippen LogP contribution in [0.4, 0.5) is 5.69 Å². The number of nitrogens with one attached hydrogen (secondary N) is 1. The number of amides is 1. The van der Waals surface area contributed by atoms with Crippen molar-refractivity contribution >= 4 is 38.3 Å². The molecule has 4 heteroatoms. The smallest absolute Gasteiger partial charge is 0.274 e. The number of carbonyl (C=O) groups is 1. The second-order valence-electron chi connectivity index (χ2n) is 4.82. The number of aromatic nitrogens is 1. The first kappa shape index (κ1) is 13.8. The highest BCUT2D eigenvalue weighted by atomic mass is 79.9. The van der Waals surface area contributed by atoms with E-state index in [0.29, 0.717) is 5.69 Å². The van der Waals surface area contributed by atoms with Crippen LogP contribution in [-0.4, -0.2) is 10.9 Å². The number of hydrogen-bond donors (Lipinski definition) is 1. The molecule has 0 saturated carbocycles. The molecule has 0 aliphatic rings. The quantitative estimate of drug-likeness (QED) is 0.743. The number of hydrogen-bond acceptors (Lipinski definition) is 2. The second-order valence-corrected chi connectivity index (χ2v) is 5.67. The summed E-state index contributed by atoms with van der Waals surface area (Å²) < 4.78 is 0.849. The summed E-state index contributed by atoms with van der Waals surface area (Å²) in [6, 6.07) is 15.4. The third-order valence-electron chi connectivity index (χ3n) is 3.26. The van der Waals surface area contributed by atoms with Crippen molar-refractivity contribution in [3.05, 3.63) is 70.5 Å². The Morgan fingerprint density at radius 3 is 2.81 bits per heavy atom. The molecule has 3 rings (SSSR count). The van der Waals surface area contributed by atoms with Crippen molar-refractivity contribution in [2.75, 3.05) is 5.32 Å². The van der Waals surface area contributed by atoms with Crippen LogP contribution in [0.25, 0.3) is 10.8 Å². The lowest BCUT2D eigenvalue weighted by atomic mass is 10.1. The van der Waals surface area contributed by atoms with Gasteiger partial charge >= 0.3 is 0 Å². The molecule has 0 fully saturated rings. The van der Waals surface area contributed by atoms with Crippen LogP contribution < -0.4 is 5.32 Å². The lowest BCUT2D eigenvalue weighted by Crippen LogP contribution is -2.14. The SMILES string of the molecule is Cc1ccc(Br)c(NC(=O)c2nccc3ccccc23)c1. The first-order valence-electron chi connectivity index (χ1n) is 6.56. The van der Waals surface area contributed by atoms with Crippen molar-refractivity contribution in [3.8, 4) is 0 Å². The number of nitrogens with zero attached hydrogens (tertiary/aromatic N) is 1. The highest BCUT2D eigenvalue weighted by Gasteiger charge is 2.13. The van der Waals surface area contributed by atoms with Crippen LogP contribution in [0.1, 0.15) is 16.1 Å². The Morgan fingerprint density at radius 1 is 1.14 bits per heavy atom. The predicted molar refractivity (Wildman–Crippen MR) is 88.6 cm³/mol. The van der Waals surface area contributed by atoms with Crippen LogP contribution in [0.15, 0.2) is 59.2 Å². The van der Waals surface area contributed by atoms with Crippen molar-refractivity contribution in [1.29, 1.82) is 0 Å². The van der Waals surface area contributed by atoms with E-state index >= 15 is 0 Å². The molecule has 3 nitrogen and oxygen atoms in total. The second kappa shape index (κ2) is 5.66. The van der Waals surface area contributed by atoms with Crippen LogP contribution in [0, 0.1) is 6.92 Å². The van der Waals surface area contributed by atoms with Gasteiger partial charge in [-0.1, -0.05) is 30.3 Å². The number of aryl methyl sites for hydroxylation is 1. The molecule has 0 saturated heterocycles. The fraction of sp³-hybridized carbons (Fsp3) is 0.0588. The minimum atomic E-state index is -0.210. The van der Waals surface area contributed by atoms with Crippen LogP contribution in [-0.2, 0) is 0 Å². The van der Waals surface area contributed by atoms with Gasteiger partial charge in [-0.2, -0.15) is 0 Å². The van der Waals surface area contributed by atoms with Crippen molar-refractivity contribution in [2.24, 2.45) is 0 Å². The van der Waals surface area contributed by atoms with E-state index in [1.165, 1.54) is 0 Å². The van der Waals surface area contributed by atoms with Crippen molar-refractivity contribution in [3.63, 3.8) is 0 Å². The van der Waals surface area contributed by atoms with Gasteiger partial charge in [0.25, 0.3) is 5.91 Å². The summed E-state index contributed by atoms with van der Waals surface area (Å²) in [4.78, 5) is 16.7. The molecular weight excluding hydrogens is 328 g/mol. The summed E-state index contributed by atoms with van der Waals surface area (Å²) in [5, 5.41) is 4.76. The van der Waals surface area contributed by atoms with Gasteiger partial charge in [-0.3, -0.25) is 9.78 Å². The van der Waals surface area contributed by atoms with Gasteiger partial charge in [-0.05, 0) is 52.0 Å². The minimum absolute atomic E-state index is 0.210. The van der Waals surface area contributed by atoms with Crippen LogP contribution in [0.5, 0.6) is 0 Å². The first-order valence-corrected chi connectivity index (χ1v) is 7.36. The Labute approximate surface area is 131 Å². The Hall–Kier alpha value is -2.20. The maximum atomic E-state index is 12.5. The van der Waals surface area contributed by atoms with Crippen molar-refractivity contribution in [2.45, 2.75) is 6.92 Å². The fourth-order valence-electron chi connectivity index (χ4n) is 2.22. The summed E-state index contributed by atoms with van der Waals surface area (Å²) in [7, 11) is 0. The molecule has 21 heavy (non-hydrogen) atoms. The Kier molecular flexibility index (Phi) is 3.71. The molecule has 0 radical (unpaired) electrons. The summed E-state index contributed by atoms with van der Waals surface area (Å²) in [6.45, 7) is 1.98. The third kappa shape index (κ3) is 2.81. The first-order chi connectivity index (χ1) is 10.1. The molecule has 0 atom stereocenters. The van der Waals surface area contributed by atoms with E-state index in [1.807, 2.05) is 55.5 Å². The maximum absolute atomic E-state index is 12.5. The average Bonchev–Trinajstić information content (AvgIpc) is 2.50. The predicted octanol–water partition coefficient (Wildman–Crippen LogP) is 4.56. The van der Waals surface area contributed by atoms with E-state index in [4.69, 9.17) is 0 Å². The summed E-state index contributed by atoms with van der Waals surface area (Å²) >= 11 is 3.45. The van der Waals surface area contributed by atoms with E-state index in [-0.39, 0.29) is 5.91 Å². The highest BCUT2D eigenvalue weighted by Crippen LogP contribution is 2.25. The van der Waals surface area contributed by atoms with Crippen molar-refractivity contribution < 1.29 is 4.79 Å². The molecule has 0 bridgehead atoms. The highest BCUT2D eigenvalue weighted by molar-refractivity contribution is 9.10. The zero-order valence-electron chi connectivity index (χ0n) is 11.4. The third-order valence-corrected chi connectivity index (χ3v) is 3.95. The van der Waals surface area contributed by atoms with E-state index < -0.39 is 0 Å². The zero-order valence-corrected chi connectivity index (χ0v) is 13.0. The largest absolute Gasteiger partial charge is 0.320 e. The molecule has 1 aromatic heterocycles. The van der Waals surface area contributed by atoms with Crippen LogP contribution >= 0.6 is 15.9 Å². The number of rotatable bonds is 2. The lowest BCUT2D eigenvalue weighted by Gasteiger charge is -2.09. The Bertz CT molecular complexity index is 825. The van der Waals surface area contributed by atoms with E-state index in [0.717, 1.165) is 26.5 Å². The van der Waals surface area contributed by atoms with Gasteiger partial charge < -0.3 is 5.32 Å². The topological polar surface area (TPSA) is 42.0 Å². The Morgan fingerprint density at radius 2 is 1.95 bits per heavy atom. The summed E-state index contributed by atoms with van der Waals surface area (Å²) in [5.74, 6) is -0.210. The van der Waals surface area contributed by atoms with Gasteiger partial charge in [0.1, 0.15) is 5.69 Å². The molecule has 2 aromatic carbocycles. The number of anilines is 1. The standard InChI is InChI=1S/C17H13BrN2O/c1-11-6-7-14(18)15(10-11)20-17(21)16-13-5-3-2-4-12(13)8-9-19-16/h2-10H,1H3,(H,20,21). The van der Waals surface area contributed by atoms with Gasteiger partial charge in [0.2, 0.25) is 0 Å². The number of carbonyl (C=O) groups excluding carboxylic acids is 1. The normalized spacial score (nSPS) is 10.6. The fourth-order valence-corrected chi connectivity index (χ4v) is 2.56. The van der Waals surface area contributed by atoms with Gasteiger partial charge in [-0.25, -0.2) is 0 Å². The minimum Gasteiger partial charge on any atom is -0.320 e. The van der Waals surface area contributed by atoms with E-state index in [9.17, 15) is 4.79 Å². The molecular formula is C17H13BrN2O.